The van der Waals surface area contributed by atoms with Gasteiger partial charge in [-0.2, -0.15) is 0 Å². The fourth-order valence-electron chi connectivity index (χ4n) is 11.1. The number of benzene rings is 2. The van der Waals surface area contributed by atoms with Crippen LogP contribution >= 0.6 is 23.2 Å². The van der Waals surface area contributed by atoms with Gasteiger partial charge in [-0.15, -0.1) is 0 Å². The molecule has 1 saturated heterocycles. The Bertz CT molecular complexity index is 3220. The molecule has 10 rings (SSSR count). The van der Waals surface area contributed by atoms with Crippen LogP contribution in [0.15, 0.2) is 122 Å². The second-order valence-electron chi connectivity index (χ2n) is 21.7. The number of anilines is 4. The zero-order chi connectivity index (χ0) is 58.7. The Labute approximate surface area is 490 Å². The first-order valence-corrected chi connectivity index (χ1v) is 28.5. The predicted molar refractivity (Wildman–Crippen MR) is 311 cm³/mol. The number of carbonyl (C=O) groups is 5. The highest BCUT2D eigenvalue weighted by Crippen LogP contribution is 2.44. The maximum absolute atomic E-state index is 15.3. The minimum absolute atomic E-state index is 0.000325. The van der Waals surface area contributed by atoms with Crippen LogP contribution in [-0.4, -0.2) is 100 Å². The van der Waals surface area contributed by atoms with Crippen molar-refractivity contribution >= 4 is 76.3 Å². The van der Waals surface area contributed by atoms with Crippen LogP contribution in [0.1, 0.15) is 92.9 Å². The molecule has 0 spiro atoms. The summed E-state index contributed by atoms with van der Waals surface area (Å²) in [7, 11) is 3.06. The minimum atomic E-state index is -0.891. The number of aldehydes is 1. The van der Waals surface area contributed by atoms with Crippen LogP contribution in [0, 0.1) is 35.3 Å². The van der Waals surface area contributed by atoms with Crippen molar-refractivity contribution in [2.75, 3.05) is 48.6 Å². The molecular formula is C61H67Cl2F2N11O7. The number of methoxy groups -OCH3 is 2. The van der Waals surface area contributed by atoms with E-state index in [4.69, 9.17) is 38.4 Å². The number of hydrogen-bond acceptors (Lipinski definition) is 13. The fourth-order valence-corrected chi connectivity index (χ4v) is 11.3. The van der Waals surface area contributed by atoms with Crippen molar-refractivity contribution in [1.82, 2.24) is 30.2 Å². The van der Waals surface area contributed by atoms with Gasteiger partial charge in [0.15, 0.2) is 0 Å². The summed E-state index contributed by atoms with van der Waals surface area (Å²) >= 11 is 11.8. The molecule has 5 amide bonds. The molecule has 4 aliphatic rings. The third-order valence-corrected chi connectivity index (χ3v) is 16.7. The summed E-state index contributed by atoms with van der Waals surface area (Å²) in [6, 6.07) is 21.6. The predicted octanol–water partition coefficient (Wildman–Crippen LogP) is 10.0. The van der Waals surface area contributed by atoms with Crippen LogP contribution in [0.4, 0.5) is 36.6 Å². The van der Waals surface area contributed by atoms with Crippen molar-refractivity contribution in [3.63, 3.8) is 0 Å². The molecule has 3 saturated carbocycles. The molecule has 7 atom stereocenters. The lowest BCUT2D eigenvalue weighted by atomic mass is 9.78. The van der Waals surface area contributed by atoms with Gasteiger partial charge >= 0.3 is 6.03 Å². The lowest BCUT2D eigenvalue weighted by Gasteiger charge is -2.36. The maximum Gasteiger partial charge on any atom is 0.323 e. The highest BCUT2D eigenvalue weighted by molar-refractivity contribution is 6.30. The maximum atomic E-state index is 15.3. The van der Waals surface area contributed by atoms with Gasteiger partial charge in [0.05, 0.1) is 63.1 Å². The second kappa shape index (κ2) is 27.4. The molecule has 3 aliphatic carbocycles. The third-order valence-electron chi connectivity index (χ3n) is 16.2. The van der Waals surface area contributed by atoms with E-state index in [0.29, 0.717) is 64.5 Å². The Morgan fingerprint density at radius 2 is 1.16 bits per heavy atom. The number of amides is 5. The summed E-state index contributed by atoms with van der Waals surface area (Å²) in [6.07, 6.45) is 18.5. The number of aromatic nitrogens is 4. The van der Waals surface area contributed by atoms with Crippen LogP contribution in [0.25, 0.3) is 0 Å². The molecule has 4 fully saturated rings. The summed E-state index contributed by atoms with van der Waals surface area (Å²) < 4.78 is 41.3. The first kappa shape index (κ1) is 60.3. The van der Waals surface area contributed by atoms with Crippen molar-refractivity contribution in [2.24, 2.45) is 29.4 Å². The zero-order valence-corrected chi connectivity index (χ0v) is 47.6. The molecule has 2 aromatic carbocycles. The van der Waals surface area contributed by atoms with Crippen LogP contribution in [0.5, 0.6) is 0 Å². The van der Waals surface area contributed by atoms with E-state index in [0.717, 1.165) is 43.1 Å². The van der Waals surface area contributed by atoms with E-state index in [1.807, 2.05) is 24.3 Å². The average Bonchev–Trinajstić information content (AvgIpc) is 4.61. The molecule has 6 aromatic rings. The molecule has 0 radical (unpaired) electrons. The Balaban J connectivity index is 0.000000200. The van der Waals surface area contributed by atoms with Gasteiger partial charge in [-0.1, -0.05) is 61.0 Å². The molecule has 3 unspecified atom stereocenters. The standard InChI is InChI=1S/C32H35ClFN5O4.C29H32ClFN6O3/c1-43-24-17-25(26(18-24)31(42)39-29-7-5-23(33)19-36-29)30(41)38-28-16-22(4-6-27(28)34)32(37-14-15-40,11-8-20-2-3-20)21-9-12-35-13-10-21;1-40-22-15-25(37(17-22)28(39)36-26-7-5-21(30)16-34-26)27(38)35-24-14-20(4-6-23(24)31)29(32,11-8-18-2-3-18)19-9-12-33-13-10-19/h4-7,9-10,12-13,15-16,19-20,24-26,37H,2-3,8,11,14,17-18H2,1H3,(H,38,41)(H,36,39,42);4-7,9-10,12-14,16,18,22,25H,2-3,8,11,15,17,32H2,1H3,(H,35,38)(H,34,36,39)/t24-,25+,26?,32?;22-,25-,29?/m11/s1. The topological polar surface area (TPSA) is 245 Å². The van der Waals surface area contributed by atoms with E-state index in [1.165, 1.54) is 56.5 Å². The van der Waals surface area contributed by atoms with Crippen molar-refractivity contribution in [3.05, 3.63) is 166 Å². The number of pyridine rings is 4. The summed E-state index contributed by atoms with van der Waals surface area (Å²) in [5.41, 5.74) is 8.47. The Kier molecular flexibility index (Phi) is 19.9. The minimum Gasteiger partial charge on any atom is -0.381 e. The third kappa shape index (κ3) is 15.1. The summed E-state index contributed by atoms with van der Waals surface area (Å²) in [5.74, 6) is -2.19. The normalized spacial score (nSPS) is 20.7. The van der Waals surface area contributed by atoms with Gasteiger partial charge in [-0.05, 0) is 145 Å². The van der Waals surface area contributed by atoms with E-state index < -0.39 is 58.4 Å². The molecule has 0 bridgehead atoms. The first-order chi connectivity index (χ1) is 40.1. The van der Waals surface area contributed by atoms with Crippen LogP contribution in [0.2, 0.25) is 10.0 Å². The second-order valence-corrected chi connectivity index (χ2v) is 22.5. The molecule has 18 nitrogen and oxygen atoms in total. The monoisotopic (exact) mass is 1170 g/mol. The summed E-state index contributed by atoms with van der Waals surface area (Å²) in [5, 5.41) is 15.1. The van der Waals surface area contributed by atoms with E-state index in [9.17, 15) is 24.0 Å². The lowest BCUT2D eigenvalue weighted by Crippen LogP contribution is -2.45. The molecular weight excluding hydrogens is 1110 g/mol. The van der Waals surface area contributed by atoms with Gasteiger partial charge < -0.3 is 40.9 Å². The highest BCUT2D eigenvalue weighted by Gasteiger charge is 2.45. The van der Waals surface area contributed by atoms with E-state index in [2.05, 4.69) is 46.5 Å². The van der Waals surface area contributed by atoms with E-state index in [-0.39, 0.29) is 54.8 Å². The largest absolute Gasteiger partial charge is 0.381 e. The van der Waals surface area contributed by atoms with Crippen LogP contribution < -0.4 is 32.3 Å². The number of nitrogens with one attached hydrogen (secondary N) is 5. The van der Waals surface area contributed by atoms with E-state index >= 15 is 8.78 Å². The summed E-state index contributed by atoms with van der Waals surface area (Å²) in [4.78, 5) is 82.7. The number of nitrogens with two attached hydrogens (primary N) is 1. The zero-order valence-electron chi connectivity index (χ0n) is 46.0. The summed E-state index contributed by atoms with van der Waals surface area (Å²) in [6.45, 7) is 0.275. The fraction of sp³-hybridized carbons (Fsp3) is 0.393. The van der Waals surface area contributed by atoms with Crippen LogP contribution in [-0.2, 0) is 39.7 Å². The number of ether oxygens (including phenoxy) is 2. The van der Waals surface area contributed by atoms with Gasteiger partial charge in [0.2, 0.25) is 17.7 Å². The van der Waals surface area contributed by atoms with Gasteiger partial charge in [0.1, 0.15) is 35.6 Å². The highest BCUT2D eigenvalue weighted by atomic mass is 35.5. The van der Waals surface area contributed by atoms with E-state index in [1.54, 1.807) is 73.3 Å². The Hall–Kier alpha value is -7.33. The first-order valence-electron chi connectivity index (χ1n) is 27.8. The molecule has 5 heterocycles. The van der Waals surface area contributed by atoms with Gasteiger partial charge in [0.25, 0.3) is 0 Å². The SMILES string of the molecule is CO[C@@H]1C[C@H](C(=O)Nc2cc(C(N)(CCC3CC3)c3ccncc3)ccc2F)N(C(=O)Nc2ccc(Cl)cn2)C1.CO[C@H]1CC(C(=O)Nc2ccc(Cl)cn2)[C@@H](C(=O)Nc2cc(C(CCC3CC3)(NCC=O)c3ccncc3)ccc2F)C1. The number of hydrogen-bond donors (Lipinski definition) is 6. The Morgan fingerprint density at radius 3 is 1.70 bits per heavy atom. The average molecular weight is 1180 g/mol. The number of halogens is 4. The molecule has 83 heavy (non-hydrogen) atoms. The van der Waals surface area contributed by atoms with Gasteiger partial charge in [-0.3, -0.25) is 35.0 Å². The van der Waals surface area contributed by atoms with Gasteiger partial charge in [0, 0.05) is 64.4 Å². The van der Waals surface area contributed by atoms with Crippen LogP contribution in [0.3, 0.4) is 0 Å². The molecule has 22 heteroatoms. The quantitative estimate of drug-likeness (QED) is 0.0347. The molecule has 7 N–H and O–H groups in total. The van der Waals surface area contributed by atoms with Crippen molar-refractivity contribution < 1.29 is 42.2 Å². The lowest BCUT2D eigenvalue weighted by molar-refractivity contribution is -0.128. The number of likely N-dealkylation sites (tertiary alicyclic amines) is 1. The smallest absolute Gasteiger partial charge is 0.323 e. The number of carbonyl (C=O) groups excluding carboxylic acids is 5. The number of urea groups is 1. The van der Waals surface area contributed by atoms with Crippen molar-refractivity contribution in [1.29, 1.82) is 0 Å². The van der Waals surface area contributed by atoms with Crippen molar-refractivity contribution in [2.45, 2.75) is 100.0 Å². The van der Waals surface area contributed by atoms with Gasteiger partial charge in [-0.25, -0.2) is 23.5 Å². The molecule has 4 aromatic heterocycles. The molecule has 1 aliphatic heterocycles. The number of nitrogens with zero attached hydrogens (tertiary/aromatic N) is 5. The molecule has 436 valence electrons. The van der Waals surface area contributed by atoms with Crippen molar-refractivity contribution in [3.8, 4) is 0 Å². The Morgan fingerprint density at radius 1 is 0.639 bits per heavy atom. The number of rotatable bonds is 22.